The predicted molar refractivity (Wildman–Crippen MR) is 128 cm³/mol. The van der Waals surface area contributed by atoms with Crippen LogP contribution in [0.3, 0.4) is 0 Å². The van der Waals surface area contributed by atoms with Crippen molar-refractivity contribution in [1.82, 2.24) is 20.2 Å². The molecule has 0 unspecified atom stereocenters. The van der Waals surface area contributed by atoms with E-state index in [0.29, 0.717) is 23.7 Å². The first kappa shape index (κ1) is 22.3. The van der Waals surface area contributed by atoms with Gasteiger partial charge in [0.1, 0.15) is 17.2 Å². The van der Waals surface area contributed by atoms with Crippen molar-refractivity contribution in [2.24, 2.45) is 7.05 Å². The highest BCUT2D eigenvalue weighted by atomic mass is 16.5. The SMILES string of the molecule is COc1ccc(OC)c2c1cc(C(=O)NCCC(=O)NCCc1c[nH]c3ccccc13)n2C. The third kappa shape index (κ3) is 4.50. The number of aromatic nitrogens is 2. The largest absolute Gasteiger partial charge is 0.496 e. The number of aromatic amines is 1. The number of amides is 2. The van der Waals surface area contributed by atoms with Gasteiger partial charge in [0.25, 0.3) is 5.91 Å². The van der Waals surface area contributed by atoms with Crippen molar-refractivity contribution in [3.05, 3.63) is 59.9 Å². The maximum Gasteiger partial charge on any atom is 0.267 e. The van der Waals surface area contributed by atoms with Crippen molar-refractivity contribution in [2.75, 3.05) is 27.3 Å². The molecule has 0 saturated heterocycles. The van der Waals surface area contributed by atoms with Crippen molar-refractivity contribution >= 4 is 33.6 Å². The van der Waals surface area contributed by atoms with Crippen LogP contribution in [0.5, 0.6) is 11.5 Å². The van der Waals surface area contributed by atoms with Gasteiger partial charge in [0.05, 0.1) is 19.7 Å². The average Bonchev–Trinajstić information content (AvgIpc) is 3.40. The van der Waals surface area contributed by atoms with E-state index in [9.17, 15) is 9.59 Å². The number of aryl methyl sites for hydroxylation is 1. The van der Waals surface area contributed by atoms with Crippen molar-refractivity contribution in [2.45, 2.75) is 12.8 Å². The van der Waals surface area contributed by atoms with Crippen LogP contribution in [0.4, 0.5) is 0 Å². The number of nitrogens with zero attached hydrogens (tertiary/aromatic N) is 1. The number of rotatable bonds is 9. The molecular formula is C25H28N4O4. The number of benzene rings is 2. The fourth-order valence-corrected chi connectivity index (χ4v) is 4.11. The lowest BCUT2D eigenvalue weighted by atomic mass is 10.1. The van der Waals surface area contributed by atoms with Crippen LogP contribution in [0.1, 0.15) is 22.5 Å². The van der Waals surface area contributed by atoms with Crippen LogP contribution in [-0.2, 0) is 18.3 Å². The fraction of sp³-hybridized carbons (Fsp3) is 0.280. The third-order valence-corrected chi connectivity index (χ3v) is 5.82. The number of H-pyrrole nitrogens is 1. The monoisotopic (exact) mass is 448 g/mol. The molecule has 3 N–H and O–H groups in total. The van der Waals surface area contributed by atoms with Gasteiger partial charge in [0, 0.05) is 49.0 Å². The first-order valence-electron chi connectivity index (χ1n) is 10.8. The lowest BCUT2D eigenvalue weighted by molar-refractivity contribution is -0.120. The van der Waals surface area contributed by atoms with Crippen molar-refractivity contribution < 1.29 is 19.1 Å². The predicted octanol–water partition coefficient (Wildman–Crippen LogP) is 3.16. The number of hydrogen-bond acceptors (Lipinski definition) is 4. The number of carbonyl (C=O) groups excluding carboxylic acids is 2. The summed E-state index contributed by atoms with van der Waals surface area (Å²) in [5.41, 5.74) is 3.50. The Morgan fingerprint density at radius 1 is 0.970 bits per heavy atom. The van der Waals surface area contributed by atoms with E-state index in [2.05, 4.69) is 21.7 Å². The Hall–Kier alpha value is -3.94. The molecule has 0 aliphatic heterocycles. The van der Waals surface area contributed by atoms with E-state index >= 15 is 0 Å². The van der Waals surface area contributed by atoms with E-state index in [-0.39, 0.29) is 24.8 Å². The molecule has 4 aromatic rings. The molecule has 0 aliphatic carbocycles. The van der Waals surface area contributed by atoms with E-state index in [1.54, 1.807) is 31.9 Å². The van der Waals surface area contributed by atoms with Crippen LogP contribution < -0.4 is 20.1 Å². The van der Waals surface area contributed by atoms with Crippen LogP contribution in [0.25, 0.3) is 21.8 Å². The highest BCUT2D eigenvalue weighted by molar-refractivity contribution is 6.02. The van der Waals surface area contributed by atoms with Crippen molar-refractivity contribution in [3.63, 3.8) is 0 Å². The quantitative estimate of drug-likeness (QED) is 0.366. The van der Waals surface area contributed by atoms with E-state index in [4.69, 9.17) is 9.47 Å². The first-order valence-corrected chi connectivity index (χ1v) is 10.8. The summed E-state index contributed by atoms with van der Waals surface area (Å²) in [5, 5.41) is 7.71. The molecule has 2 heterocycles. The molecule has 0 fully saturated rings. The van der Waals surface area contributed by atoms with Crippen molar-refractivity contribution in [3.8, 4) is 11.5 Å². The Morgan fingerprint density at radius 2 is 1.73 bits per heavy atom. The van der Waals surface area contributed by atoms with Gasteiger partial charge < -0.3 is 29.7 Å². The standard InChI is InChI=1S/C25H28N4O4/c1-29-20(14-18-21(32-2)8-9-22(33-3)24(18)29)25(31)27-13-11-23(30)26-12-10-16-15-28-19-7-5-4-6-17(16)19/h4-9,14-15,28H,10-13H2,1-3H3,(H,26,30)(H,27,31). The minimum atomic E-state index is -0.260. The Morgan fingerprint density at radius 3 is 2.52 bits per heavy atom. The van der Waals surface area contributed by atoms with E-state index in [1.165, 1.54) is 10.9 Å². The number of para-hydroxylation sites is 1. The van der Waals surface area contributed by atoms with Crippen molar-refractivity contribution in [1.29, 1.82) is 0 Å². The normalized spacial score (nSPS) is 11.0. The van der Waals surface area contributed by atoms with Gasteiger partial charge in [0.15, 0.2) is 0 Å². The molecule has 2 amide bonds. The zero-order chi connectivity index (χ0) is 23.4. The van der Waals surface area contributed by atoms with Crippen LogP contribution in [0.15, 0.2) is 48.7 Å². The summed E-state index contributed by atoms with van der Waals surface area (Å²) < 4.78 is 12.6. The molecule has 33 heavy (non-hydrogen) atoms. The maximum atomic E-state index is 12.8. The van der Waals surface area contributed by atoms with Crippen LogP contribution in [0, 0.1) is 0 Å². The lowest BCUT2D eigenvalue weighted by Crippen LogP contribution is -2.32. The van der Waals surface area contributed by atoms with Crippen LogP contribution >= 0.6 is 0 Å². The molecule has 8 nitrogen and oxygen atoms in total. The van der Waals surface area contributed by atoms with Gasteiger partial charge in [0.2, 0.25) is 5.91 Å². The molecule has 0 radical (unpaired) electrons. The zero-order valence-electron chi connectivity index (χ0n) is 19.0. The molecule has 0 bridgehead atoms. The molecule has 0 saturated carbocycles. The number of carbonyl (C=O) groups is 2. The second-order valence-electron chi connectivity index (χ2n) is 7.79. The summed E-state index contributed by atoms with van der Waals surface area (Å²) in [7, 11) is 4.98. The second kappa shape index (κ2) is 9.68. The summed E-state index contributed by atoms with van der Waals surface area (Å²) in [5.74, 6) is 0.955. The molecule has 2 aromatic heterocycles. The van der Waals surface area contributed by atoms with Gasteiger partial charge >= 0.3 is 0 Å². The Bertz CT molecular complexity index is 1300. The van der Waals surface area contributed by atoms with E-state index < -0.39 is 0 Å². The maximum absolute atomic E-state index is 12.8. The molecule has 0 spiro atoms. The molecule has 172 valence electrons. The van der Waals surface area contributed by atoms with Crippen LogP contribution in [0.2, 0.25) is 0 Å². The lowest BCUT2D eigenvalue weighted by Gasteiger charge is -2.09. The number of methoxy groups -OCH3 is 2. The third-order valence-electron chi connectivity index (χ3n) is 5.82. The van der Waals surface area contributed by atoms with E-state index in [0.717, 1.165) is 22.8 Å². The molecular weight excluding hydrogens is 420 g/mol. The minimum absolute atomic E-state index is 0.101. The Labute approximate surface area is 191 Å². The first-order chi connectivity index (χ1) is 16.0. The van der Waals surface area contributed by atoms with Gasteiger partial charge in [-0.1, -0.05) is 18.2 Å². The number of fused-ring (bicyclic) bond motifs is 2. The Kier molecular flexibility index (Phi) is 6.53. The Balaban J connectivity index is 1.30. The minimum Gasteiger partial charge on any atom is -0.496 e. The van der Waals surface area contributed by atoms with Gasteiger partial charge in [-0.15, -0.1) is 0 Å². The molecule has 0 atom stereocenters. The van der Waals surface area contributed by atoms with Crippen LogP contribution in [-0.4, -0.2) is 48.7 Å². The summed E-state index contributed by atoms with van der Waals surface area (Å²) in [6, 6.07) is 13.5. The zero-order valence-corrected chi connectivity index (χ0v) is 19.0. The van der Waals surface area contributed by atoms with E-state index in [1.807, 2.05) is 36.5 Å². The van der Waals surface area contributed by atoms with Gasteiger partial charge in [-0.3, -0.25) is 9.59 Å². The van der Waals surface area contributed by atoms with Gasteiger partial charge in [-0.05, 0) is 36.2 Å². The van der Waals surface area contributed by atoms with Gasteiger partial charge in [-0.2, -0.15) is 0 Å². The summed E-state index contributed by atoms with van der Waals surface area (Å²) >= 11 is 0. The molecule has 2 aromatic carbocycles. The number of ether oxygens (including phenoxy) is 2. The highest BCUT2D eigenvalue weighted by Crippen LogP contribution is 2.35. The van der Waals surface area contributed by atoms with Gasteiger partial charge in [-0.25, -0.2) is 0 Å². The summed E-state index contributed by atoms with van der Waals surface area (Å²) in [6.07, 6.45) is 2.92. The number of hydrogen-bond donors (Lipinski definition) is 3. The smallest absolute Gasteiger partial charge is 0.267 e. The topological polar surface area (TPSA) is 97.4 Å². The number of nitrogens with one attached hydrogen (secondary N) is 3. The molecule has 8 heteroatoms. The highest BCUT2D eigenvalue weighted by Gasteiger charge is 2.19. The fourth-order valence-electron chi connectivity index (χ4n) is 4.11. The second-order valence-corrected chi connectivity index (χ2v) is 7.79. The summed E-state index contributed by atoms with van der Waals surface area (Å²) in [6.45, 7) is 0.783. The summed E-state index contributed by atoms with van der Waals surface area (Å²) in [4.78, 5) is 28.2. The average molecular weight is 449 g/mol. The molecule has 0 aliphatic rings. The molecule has 4 rings (SSSR count).